The van der Waals surface area contributed by atoms with Crippen LogP contribution in [-0.4, -0.2) is 43.5 Å². The van der Waals surface area contributed by atoms with Crippen molar-refractivity contribution in [1.29, 1.82) is 0 Å². The van der Waals surface area contributed by atoms with E-state index in [1.54, 1.807) is 0 Å². The molecule has 0 saturated carbocycles. The zero-order chi connectivity index (χ0) is 19.1. The molecule has 5 nitrogen and oxygen atoms in total. The van der Waals surface area contributed by atoms with Gasteiger partial charge in [0.15, 0.2) is 5.75 Å². The van der Waals surface area contributed by atoms with Crippen LogP contribution in [0.15, 0.2) is 41.3 Å². The van der Waals surface area contributed by atoms with Crippen molar-refractivity contribution in [2.75, 3.05) is 24.5 Å². The lowest BCUT2D eigenvalue weighted by atomic mass is 10.1. The van der Waals surface area contributed by atoms with E-state index in [4.69, 9.17) is 23.2 Å². The minimum atomic E-state index is -3.90. The van der Waals surface area contributed by atoms with Crippen LogP contribution < -0.4 is 4.90 Å². The molecule has 3 rings (SSSR count). The molecule has 1 saturated heterocycles. The van der Waals surface area contributed by atoms with Crippen LogP contribution in [-0.2, 0) is 10.0 Å². The summed E-state index contributed by atoms with van der Waals surface area (Å²) < 4.78 is 27.3. The summed E-state index contributed by atoms with van der Waals surface area (Å²) in [6.45, 7) is 5.18. The van der Waals surface area contributed by atoms with Crippen LogP contribution in [0.1, 0.15) is 12.5 Å². The highest BCUT2D eigenvalue weighted by molar-refractivity contribution is 7.89. The van der Waals surface area contributed by atoms with Crippen molar-refractivity contribution >= 4 is 38.9 Å². The molecule has 8 heteroatoms. The minimum Gasteiger partial charge on any atom is -0.505 e. The van der Waals surface area contributed by atoms with Crippen molar-refractivity contribution in [2.45, 2.75) is 24.8 Å². The molecule has 1 N–H and O–H groups in total. The molecular weight excluding hydrogens is 395 g/mol. The Morgan fingerprint density at radius 3 is 2.54 bits per heavy atom. The highest BCUT2D eigenvalue weighted by Crippen LogP contribution is 2.36. The van der Waals surface area contributed by atoms with Gasteiger partial charge in [0.1, 0.15) is 4.90 Å². The molecule has 1 fully saturated rings. The summed E-state index contributed by atoms with van der Waals surface area (Å²) in [4.78, 5) is 1.93. The Morgan fingerprint density at radius 2 is 1.88 bits per heavy atom. The molecule has 26 heavy (non-hydrogen) atoms. The second kappa shape index (κ2) is 7.27. The molecule has 0 amide bonds. The van der Waals surface area contributed by atoms with Crippen molar-refractivity contribution in [1.82, 2.24) is 4.31 Å². The fraction of sp³-hybridized carbons (Fsp3) is 0.333. The first-order valence-corrected chi connectivity index (χ1v) is 10.4. The number of hydrogen-bond acceptors (Lipinski definition) is 4. The smallest absolute Gasteiger partial charge is 0.246 e. The molecule has 1 unspecified atom stereocenters. The van der Waals surface area contributed by atoms with E-state index in [9.17, 15) is 13.5 Å². The lowest BCUT2D eigenvalue weighted by Crippen LogP contribution is -2.53. The van der Waals surface area contributed by atoms with Crippen LogP contribution in [0.2, 0.25) is 10.0 Å². The van der Waals surface area contributed by atoms with Gasteiger partial charge in [-0.1, -0.05) is 35.3 Å². The highest BCUT2D eigenvalue weighted by Gasteiger charge is 2.34. The number of hydrogen-bond donors (Lipinski definition) is 1. The van der Waals surface area contributed by atoms with E-state index in [1.807, 2.05) is 32.0 Å². The Bertz CT molecular complexity index is 934. The fourth-order valence-electron chi connectivity index (χ4n) is 3.21. The third-order valence-electron chi connectivity index (χ3n) is 4.53. The van der Waals surface area contributed by atoms with Gasteiger partial charge in [-0.25, -0.2) is 8.42 Å². The summed E-state index contributed by atoms with van der Waals surface area (Å²) in [7, 11) is -3.90. The number of benzene rings is 2. The van der Waals surface area contributed by atoms with E-state index >= 15 is 0 Å². The second-order valence-corrected chi connectivity index (χ2v) is 9.23. The van der Waals surface area contributed by atoms with E-state index < -0.39 is 15.8 Å². The Hall–Kier alpha value is -1.47. The molecular formula is C18H20Cl2N2O3S. The van der Waals surface area contributed by atoms with Gasteiger partial charge < -0.3 is 10.0 Å². The number of phenols is 1. The molecule has 1 atom stereocenters. The topological polar surface area (TPSA) is 60.9 Å². The molecule has 1 aliphatic rings. The van der Waals surface area contributed by atoms with Crippen molar-refractivity contribution in [3.05, 3.63) is 52.0 Å². The van der Waals surface area contributed by atoms with Crippen molar-refractivity contribution < 1.29 is 13.5 Å². The summed E-state index contributed by atoms with van der Waals surface area (Å²) in [5, 5.41) is 10.2. The largest absolute Gasteiger partial charge is 0.505 e. The molecule has 140 valence electrons. The Morgan fingerprint density at radius 1 is 1.15 bits per heavy atom. The predicted molar refractivity (Wildman–Crippen MR) is 105 cm³/mol. The number of phenolic OH excluding ortho intramolecular Hbond substituents is 1. The van der Waals surface area contributed by atoms with E-state index in [0.29, 0.717) is 19.6 Å². The summed E-state index contributed by atoms with van der Waals surface area (Å²) >= 11 is 11.8. The van der Waals surface area contributed by atoms with E-state index in [2.05, 4.69) is 11.0 Å². The van der Waals surface area contributed by atoms with Gasteiger partial charge in [-0.2, -0.15) is 4.31 Å². The lowest BCUT2D eigenvalue weighted by Gasteiger charge is -2.40. The zero-order valence-corrected chi connectivity index (χ0v) is 16.8. The van der Waals surface area contributed by atoms with Gasteiger partial charge in [0.25, 0.3) is 0 Å². The second-order valence-electron chi connectivity index (χ2n) is 6.48. The van der Waals surface area contributed by atoms with Gasteiger partial charge in [0, 0.05) is 36.4 Å². The summed E-state index contributed by atoms with van der Waals surface area (Å²) in [6.07, 6.45) is 0. The summed E-state index contributed by atoms with van der Waals surface area (Å²) in [6, 6.07) is 10.7. The molecule has 1 aliphatic heterocycles. The van der Waals surface area contributed by atoms with E-state index in [0.717, 1.165) is 11.3 Å². The Balaban J connectivity index is 1.86. The lowest BCUT2D eigenvalue weighted by molar-refractivity contribution is 0.340. The van der Waals surface area contributed by atoms with Crippen LogP contribution in [0.3, 0.4) is 0 Å². The number of anilines is 1. The Labute approximate surface area is 163 Å². The number of aryl methyl sites for hydroxylation is 1. The monoisotopic (exact) mass is 414 g/mol. The first-order valence-electron chi connectivity index (χ1n) is 8.21. The van der Waals surface area contributed by atoms with Gasteiger partial charge in [-0.15, -0.1) is 0 Å². The first-order chi connectivity index (χ1) is 12.2. The quantitative estimate of drug-likeness (QED) is 0.826. The SMILES string of the molecule is Cc1cccc(N2CCN(S(=O)(=O)c3cc(Cl)cc(Cl)c3O)CC2C)c1. The standard InChI is InChI=1S/C18H20Cl2N2O3S/c1-12-4-3-5-15(8-12)22-7-6-21(11-13(22)2)26(24,25)17-10-14(19)9-16(20)18(17)23/h3-5,8-10,13,23H,6-7,11H2,1-2H3. The summed E-state index contributed by atoms with van der Waals surface area (Å²) in [5.41, 5.74) is 2.23. The Kier molecular flexibility index (Phi) is 5.40. The van der Waals surface area contributed by atoms with Crippen molar-refractivity contribution in [3.63, 3.8) is 0 Å². The maximum Gasteiger partial charge on any atom is 0.246 e. The number of nitrogens with zero attached hydrogens (tertiary/aromatic N) is 2. The van der Waals surface area contributed by atoms with Gasteiger partial charge in [-0.05, 0) is 43.7 Å². The molecule has 0 radical (unpaired) electrons. The average molecular weight is 415 g/mol. The van der Waals surface area contributed by atoms with Crippen LogP contribution in [0, 0.1) is 6.92 Å². The molecule has 2 aromatic rings. The number of sulfonamides is 1. The van der Waals surface area contributed by atoms with E-state index in [-0.39, 0.29) is 21.0 Å². The first kappa shape index (κ1) is 19.3. The highest BCUT2D eigenvalue weighted by atomic mass is 35.5. The van der Waals surface area contributed by atoms with E-state index in [1.165, 1.54) is 16.4 Å². The van der Waals surface area contributed by atoms with Gasteiger partial charge in [-0.3, -0.25) is 0 Å². The molecule has 0 aliphatic carbocycles. The fourth-order valence-corrected chi connectivity index (χ4v) is 5.47. The average Bonchev–Trinajstić information content (AvgIpc) is 2.57. The zero-order valence-electron chi connectivity index (χ0n) is 14.5. The van der Waals surface area contributed by atoms with Crippen LogP contribution in [0.5, 0.6) is 5.75 Å². The third kappa shape index (κ3) is 3.64. The van der Waals surface area contributed by atoms with Gasteiger partial charge in [0.05, 0.1) is 5.02 Å². The van der Waals surface area contributed by atoms with Crippen LogP contribution in [0.25, 0.3) is 0 Å². The van der Waals surface area contributed by atoms with Gasteiger partial charge >= 0.3 is 0 Å². The maximum absolute atomic E-state index is 13.0. The molecule has 1 heterocycles. The molecule has 2 aromatic carbocycles. The predicted octanol–water partition coefficient (Wildman–Crippen LogP) is 3.91. The molecule has 0 aromatic heterocycles. The van der Waals surface area contributed by atoms with Gasteiger partial charge in [0.2, 0.25) is 10.0 Å². The van der Waals surface area contributed by atoms with Crippen LogP contribution >= 0.6 is 23.2 Å². The van der Waals surface area contributed by atoms with Crippen molar-refractivity contribution in [3.8, 4) is 5.75 Å². The summed E-state index contributed by atoms with van der Waals surface area (Å²) in [5.74, 6) is -0.468. The molecule has 0 bridgehead atoms. The number of halogens is 2. The van der Waals surface area contributed by atoms with Crippen LogP contribution in [0.4, 0.5) is 5.69 Å². The normalized spacial score (nSPS) is 18.9. The number of piperazine rings is 1. The maximum atomic E-state index is 13.0. The number of aromatic hydroxyl groups is 1. The molecule has 0 spiro atoms. The third-order valence-corrected chi connectivity index (χ3v) is 6.92. The number of rotatable bonds is 3. The van der Waals surface area contributed by atoms with Crippen molar-refractivity contribution in [2.24, 2.45) is 0 Å². The minimum absolute atomic E-state index is 0.0166.